The van der Waals surface area contributed by atoms with E-state index in [0.29, 0.717) is 17.8 Å². The lowest BCUT2D eigenvalue weighted by Crippen LogP contribution is -2.24. The van der Waals surface area contributed by atoms with Gasteiger partial charge in [-0.2, -0.15) is 0 Å². The van der Waals surface area contributed by atoms with Crippen molar-refractivity contribution in [3.8, 4) is 0 Å². The average Bonchev–Trinajstić information content (AvgIpc) is 2.72. The van der Waals surface area contributed by atoms with Gasteiger partial charge in [0.1, 0.15) is 5.01 Å². The number of aromatic nitrogens is 1. The number of thiazole rings is 1. The van der Waals surface area contributed by atoms with Crippen LogP contribution in [0.25, 0.3) is 0 Å². The predicted molar refractivity (Wildman–Crippen MR) is 73.6 cm³/mol. The second kappa shape index (κ2) is 5.18. The minimum absolute atomic E-state index is 0.154. The molecule has 3 N–H and O–H groups in total. The number of benzene rings is 1. The molecule has 4 nitrogen and oxygen atoms in total. The molecule has 94 valence electrons. The molecule has 0 aliphatic heterocycles. The fraction of sp³-hybridized carbons (Fsp3) is 0.231. The van der Waals surface area contributed by atoms with Crippen LogP contribution in [-0.2, 0) is 6.54 Å². The van der Waals surface area contributed by atoms with Gasteiger partial charge in [-0.25, -0.2) is 4.98 Å². The van der Waals surface area contributed by atoms with Gasteiger partial charge in [-0.3, -0.25) is 4.79 Å². The first kappa shape index (κ1) is 12.6. The first-order valence-corrected chi connectivity index (χ1v) is 6.44. The largest absolute Gasteiger partial charge is 0.398 e. The van der Waals surface area contributed by atoms with E-state index in [2.05, 4.69) is 10.3 Å². The Hall–Kier alpha value is -1.88. The molecule has 18 heavy (non-hydrogen) atoms. The molecule has 0 aliphatic rings. The summed E-state index contributed by atoms with van der Waals surface area (Å²) in [6.45, 7) is 4.30. The zero-order valence-corrected chi connectivity index (χ0v) is 11.2. The van der Waals surface area contributed by atoms with Crippen LogP contribution in [-0.4, -0.2) is 10.9 Å². The molecule has 0 aliphatic carbocycles. The lowest BCUT2D eigenvalue weighted by molar-refractivity contribution is 0.0951. The third kappa shape index (κ3) is 2.68. The molecule has 5 heteroatoms. The Kier molecular flexibility index (Phi) is 3.62. The first-order chi connectivity index (χ1) is 8.58. The summed E-state index contributed by atoms with van der Waals surface area (Å²) in [5.41, 5.74) is 7.75. The number of carbonyl (C=O) groups is 1. The van der Waals surface area contributed by atoms with Gasteiger partial charge in [-0.05, 0) is 25.5 Å². The topological polar surface area (TPSA) is 68.0 Å². The predicted octanol–water partition coefficient (Wildman–Crippen LogP) is 2.27. The highest BCUT2D eigenvalue weighted by Gasteiger charge is 2.12. The van der Waals surface area contributed by atoms with Crippen LogP contribution < -0.4 is 11.1 Å². The van der Waals surface area contributed by atoms with Crippen molar-refractivity contribution < 1.29 is 4.79 Å². The summed E-state index contributed by atoms with van der Waals surface area (Å²) in [6, 6.07) is 5.44. The Morgan fingerprint density at radius 1 is 1.44 bits per heavy atom. The third-order valence-corrected chi connectivity index (χ3v) is 3.51. The molecule has 1 heterocycles. The number of carbonyl (C=O) groups excluding carboxylic acids is 1. The van der Waals surface area contributed by atoms with Crippen LogP contribution in [0, 0.1) is 13.8 Å². The summed E-state index contributed by atoms with van der Waals surface area (Å²) < 4.78 is 0. The van der Waals surface area contributed by atoms with Crippen molar-refractivity contribution in [3.05, 3.63) is 45.4 Å². The molecule has 0 unspecified atom stereocenters. The molecule has 0 atom stereocenters. The Labute approximate surface area is 110 Å². The van der Waals surface area contributed by atoms with Crippen molar-refractivity contribution in [2.24, 2.45) is 0 Å². The summed E-state index contributed by atoms with van der Waals surface area (Å²) in [6.07, 6.45) is 1.80. The normalized spacial score (nSPS) is 10.3. The molecule has 1 aromatic carbocycles. The number of hydrogen-bond donors (Lipinski definition) is 2. The fourth-order valence-corrected chi connectivity index (χ4v) is 2.45. The van der Waals surface area contributed by atoms with E-state index < -0.39 is 0 Å². The minimum Gasteiger partial charge on any atom is -0.398 e. The average molecular weight is 261 g/mol. The van der Waals surface area contributed by atoms with Crippen LogP contribution in [0.4, 0.5) is 5.69 Å². The zero-order chi connectivity index (χ0) is 13.1. The van der Waals surface area contributed by atoms with Crippen molar-refractivity contribution in [1.82, 2.24) is 10.3 Å². The molecule has 0 fully saturated rings. The Balaban J connectivity index is 2.08. The molecule has 0 bridgehead atoms. The maximum absolute atomic E-state index is 12.1. The van der Waals surface area contributed by atoms with Crippen LogP contribution in [0.1, 0.15) is 25.8 Å². The van der Waals surface area contributed by atoms with E-state index in [4.69, 9.17) is 5.73 Å². The van der Waals surface area contributed by atoms with Gasteiger partial charge in [0.05, 0.1) is 12.1 Å². The molecule has 2 aromatic rings. The van der Waals surface area contributed by atoms with Crippen LogP contribution in [0.5, 0.6) is 0 Å². The van der Waals surface area contributed by atoms with Crippen molar-refractivity contribution in [1.29, 1.82) is 0 Å². The smallest absolute Gasteiger partial charge is 0.253 e. The molecular formula is C13H15N3OS. The summed E-state index contributed by atoms with van der Waals surface area (Å²) in [5.74, 6) is -0.154. The van der Waals surface area contributed by atoms with Crippen LogP contribution in [0.2, 0.25) is 0 Å². The summed E-state index contributed by atoms with van der Waals surface area (Å²) in [5, 5.41) is 3.74. The highest BCUT2D eigenvalue weighted by atomic mass is 32.1. The maximum atomic E-state index is 12.1. The summed E-state index contributed by atoms with van der Waals surface area (Å²) in [7, 11) is 0. The first-order valence-electron chi connectivity index (χ1n) is 5.62. The van der Waals surface area contributed by atoms with E-state index in [1.165, 1.54) is 0 Å². The van der Waals surface area contributed by atoms with Crippen LogP contribution in [0.3, 0.4) is 0 Å². The Morgan fingerprint density at radius 2 is 2.22 bits per heavy atom. The van der Waals surface area contributed by atoms with E-state index in [-0.39, 0.29) is 5.91 Å². The molecule has 0 saturated heterocycles. The molecule has 1 aromatic heterocycles. The number of amides is 1. The van der Waals surface area contributed by atoms with Crippen molar-refractivity contribution in [3.63, 3.8) is 0 Å². The molecule has 0 radical (unpaired) electrons. The lowest BCUT2D eigenvalue weighted by atomic mass is 10.1. The van der Waals surface area contributed by atoms with Gasteiger partial charge >= 0.3 is 0 Å². The van der Waals surface area contributed by atoms with E-state index in [0.717, 1.165) is 15.4 Å². The van der Waals surface area contributed by atoms with Gasteiger partial charge < -0.3 is 11.1 Å². The number of hydrogen-bond acceptors (Lipinski definition) is 4. The van der Waals surface area contributed by atoms with Crippen molar-refractivity contribution in [2.75, 3.05) is 5.73 Å². The second-order valence-corrected chi connectivity index (χ2v) is 5.41. The number of anilines is 1. The van der Waals surface area contributed by atoms with E-state index in [9.17, 15) is 4.79 Å². The SMILES string of the molecule is Cc1cnc(CNC(=O)c2c(C)cccc2N)s1. The number of nitrogens with zero attached hydrogens (tertiary/aromatic N) is 1. The van der Waals surface area contributed by atoms with Gasteiger partial charge in [0.2, 0.25) is 0 Å². The Bertz CT molecular complexity index is 557. The van der Waals surface area contributed by atoms with Gasteiger partial charge in [0, 0.05) is 16.8 Å². The number of rotatable bonds is 3. The highest BCUT2D eigenvalue weighted by Crippen LogP contribution is 2.16. The van der Waals surface area contributed by atoms with Crippen LogP contribution >= 0.6 is 11.3 Å². The number of nitrogens with one attached hydrogen (secondary N) is 1. The summed E-state index contributed by atoms with van der Waals surface area (Å²) in [4.78, 5) is 17.4. The van der Waals surface area contributed by atoms with E-state index in [1.54, 1.807) is 23.6 Å². The Morgan fingerprint density at radius 3 is 2.83 bits per heavy atom. The van der Waals surface area contributed by atoms with Gasteiger partial charge in [-0.15, -0.1) is 11.3 Å². The standard InChI is InChI=1S/C13H15N3OS/c1-8-4-3-5-10(14)12(8)13(17)16-7-11-15-6-9(2)18-11/h3-6H,7,14H2,1-2H3,(H,16,17). The summed E-state index contributed by atoms with van der Waals surface area (Å²) >= 11 is 1.58. The minimum atomic E-state index is -0.154. The molecule has 1 amide bonds. The molecular weight excluding hydrogens is 246 g/mol. The van der Waals surface area contributed by atoms with Crippen LogP contribution in [0.15, 0.2) is 24.4 Å². The van der Waals surface area contributed by atoms with E-state index in [1.807, 2.05) is 26.0 Å². The van der Waals surface area contributed by atoms with Gasteiger partial charge in [0.15, 0.2) is 0 Å². The second-order valence-electron chi connectivity index (χ2n) is 4.09. The van der Waals surface area contributed by atoms with Crippen molar-refractivity contribution in [2.45, 2.75) is 20.4 Å². The highest BCUT2D eigenvalue weighted by molar-refractivity contribution is 7.11. The van der Waals surface area contributed by atoms with Crippen molar-refractivity contribution >= 4 is 22.9 Å². The maximum Gasteiger partial charge on any atom is 0.253 e. The van der Waals surface area contributed by atoms with E-state index >= 15 is 0 Å². The third-order valence-electron chi connectivity index (χ3n) is 2.60. The molecule has 0 saturated carbocycles. The number of nitrogens with two attached hydrogens (primary N) is 1. The lowest BCUT2D eigenvalue weighted by Gasteiger charge is -2.09. The number of aryl methyl sites for hydroxylation is 2. The fourth-order valence-electron chi connectivity index (χ4n) is 1.73. The zero-order valence-electron chi connectivity index (χ0n) is 10.4. The quantitative estimate of drug-likeness (QED) is 0.833. The molecule has 2 rings (SSSR count). The number of nitrogen functional groups attached to an aromatic ring is 1. The van der Waals surface area contributed by atoms with Gasteiger partial charge in [-0.1, -0.05) is 12.1 Å². The molecule has 0 spiro atoms. The van der Waals surface area contributed by atoms with Gasteiger partial charge in [0.25, 0.3) is 5.91 Å². The monoisotopic (exact) mass is 261 g/mol.